The Morgan fingerprint density at radius 3 is 2.45 bits per heavy atom. The molecule has 0 radical (unpaired) electrons. The lowest BCUT2D eigenvalue weighted by molar-refractivity contribution is -0.154. The van der Waals surface area contributed by atoms with Gasteiger partial charge in [-0.15, -0.1) is 0 Å². The Hall–Kier alpha value is -1.63. The number of nitrogens with zero attached hydrogens (tertiary/aromatic N) is 1. The number of Topliss-reactive ketones (excluding diaryl/α,β-unsaturated/α-hetero) is 1. The van der Waals surface area contributed by atoms with Crippen LogP contribution in [0.4, 0.5) is 4.79 Å². The molecule has 4 unspecified atom stereocenters. The zero-order chi connectivity index (χ0) is 16.7. The Morgan fingerprint density at radius 2 is 1.95 bits per heavy atom. The van der Waals surface area contributed by atoms with Crippen molar-refractivity contribution in [2.24, 2.45) is 11.8 Å². The molecule has 124 valence electrons. The van der Waals surface area contributed by atoms with Gasteiger partial charge in [0.2, 0.25) is 0 Å². The molecular weight excluding hydrogens is 290 g/mol. The van der Waals surface area contributed by atoms with Gasteiger partial charge in [-0.25, -0.2) is 4.79 Å². The summed E-state index contributed by atoms with van der Waals surface area (Å²) in [5, 5.41) is 9.51. The average Bonchev–Trinajstić information content (AvgIpc) is 2.68. The van der Waals surface area contributed by atoms with Gasteiger partial charge in [-0.1, -0.05) is 0 Å². The van der Waals surface area contributed by atoms with Crippen LogP contribution >= 0.6 is 0 Å². The largest absolute Gasteiger partial charge is 0.468 e. The van der Waals surface area contributed by atoms with Crippen LogP contribution in [0.1, 0.15) is 33.6 Å². The quantitative estimate of drug-likeness (QED) is 0.597. The van der Waals surface area contributed by atoms with Gasteiger partial charge in [-0.3, -0.25) is 9.59 Å². The van der Waals surface area contributed by atoms with E-state index in [0.29, 0.717) is 6.42 Å². The number of hydrogen-bond acceptors (Lipinski definition) is 6. The zero-order valence-corrected chi connectivity index (χ0v) is 13.4. The minimum Gasteiger partial charge on any atom is -0.468 e. The highest BCUT2D eigenvalue weighted by Gasteiger charge is 2.56. The van der Waals surface area contributed by atoms with Crippen LogP contribution in [0.3, 0.4) is 0 Å². The summed E-state index contributed by atoms with van der Waals surface area (Å²) in [6, 6.07) is -1.02. The Morgan fingerprint density at radius 1 is 1.32 bits per heavy atom. The number of rotatable bonds is 2. The molecule has 7 heteroatoms. The van der Waals surface area contributed by atoms with Gasteiger partial charge in [0.05, 0.1) is 13.2 Å². The van der Waals surface area contributed by atoms with Gasteiger partial charge in [-0.2, -0.15) is 0 Å². The van der Waals surface area contributed by atoms with E-state index in [-0.39, 0.29) is 24.7 Å². The fourth-order valence-electron chi connectivity index (χ4n) is 3.36. The van der Waals surface area contributed by atoms with E-state index < -0.39 is 35.7 Å². The molecule has 0 aliphatic carbocycles. The first-order chi connectivity index (χ1) is 10.2. The van der Waals surface area contributed by atoms with Gasteiger partial charge >= 0.3 is 12.1 Å². The minimum atomic E-state index is -0.995. The van der Waals surface area contributed by atoms with E-state index >= 15 is 0 Å². The molecular formula is C15H23NO6. The number of aliphatic hydroxyl groups is 1. The predicted octanol–water partition coefficient (Wildman–Crippen LogP) is 0.735. The van der Waals surface area contributed by atoms with Crippen LogP contribution in [0.25, 0.3) is 0 Å². The van der Waals surface area contributed by atoms with Crippen molar-refractivity contribution < 1.29 is 29.0 Å². The van der Waals surface area contributed by atoms with E-state index in [4.69, 9.17) is 9.47 Å². The van der Waals surface area contributed by atoms with E-state index in [1.807, 2.05) is 0 Å². The molecule has 1 amide bonds. The van der Waals surface area contributed by atoms with E-state index in [1.54, 1.807) is 20.8 Å². The second-order valence-electron chi connectivity index (χ2n) is 6.87. The lowest BCUT2D eigenvalue weighted by Gasteiger charge is -2.38. The molecule has 1 N–H and O–H groups in total. The highest BCUT2D eigenvalue weighted by molar-refractivity contribution is 6.01. The van der Waals surface area contributed by atoms with Crippen molar-refractivity contribution in [2.75, 3.05) is 13.7 Å². The number of carbonyl (C=O) groups excluding carboxylic acids is 3. The molecule has 2 aliphatic heterocycles. The molecule has 2 fully saturated rings. The van der Waals surface area contributed by atoms with E-state index in [9.17, 15) is 19.5 Å². The standard InChI is InChI=1S/C15H23NO6/c1-15(2,3)22-14(20)16-9-6-11(18)12(13(19)21-4)10(16)5-8(9)7-17/h8-10,12,17H,5-7H2,1-4H3. The number of methoxy groups -OCH3 is 1. The maximum absolute atomic E-state index is 12.5. The maximum Gasteiger partial charge on any atom is 0.410 e. The lowest BCUT2D eigenvalue weighted by atomic mass is 9.89. The fourth-order valence-corrected chi connectivity index (χ4v) is 3.36. The first-order valence-electron chi connectivity index (χ1n) is 7.42. The highest BCUT2D eigenvalue weighted by atomic mass is 16.6. The first-order valence-corrected chi connectivity index (χ1v) is 7.42. The van der Waals surface area contributed by atoms with Crippen molar-refractivity contribution in [1.29, 1.82) is 0 Å². The summed E-state index contributed by atoms with van der Waals surface area (Å²) >= 11 is 0. The maximum atomic E-state index is 12.5. The number of ether oxygens (including phenoxy) is 2. The molecule has 0 spiro atoms. The fraction of sp³-hybridized carbons (Fsp3) is 0.800. The molecule has 0 saturated carbocycles. The van der Waals surface area contributed by atoms with Crippen molar-refractivity contribution in [3.05, 3.63) is 0 Å². The van der Waals surface area contributed by atoms with Crippen molar-refractivity contribution in [2.45, 2.75) is 51.3 Å². The predicted molar refractivity (Wildman–Crippen MR) is 76.0 cm³/mol. The second-order valence-corrected chi connectivity index (χ2v) is 6.87. The Labute approximate surface area is 129 Å². The number of ketones is 1. The van der Waals surface area contributed by atoms with Crippen LogP contribution in [0.15, 0.2) is 0 Å². The van der Waals surface area contributed by atoms with Gasteiger partial charge in [0.15, 0.2) is 5.78 Å². The second kappa shape index (κ2) is 5.87. The van der Waals surface area contributed by atoms with Gasteiger partial charge in [0, 0.05) is 25.0 Å². The summed E-state index contributed by atoms with van der Waals surface area (Å²) < 4.78 is 10.1. The van der Waals surface area contributed by atoms with Crippen LogP contribution in [0.2, 0.25) is 0 Å². The monoisotopic (exact) mass is 313 g/mol. The summed E-state index contributed by atoms with van der Waals surface area (Å²) in [6.07, 6.45) is -0.119. The third-order valence-electron chi connectivity index (χ3n) is 4.24. The van der Waals surface area contributed by atoms with Crippen molar-refractivity contribution in [3.63, 3.8) is 0 Å². The number of piperidine rings is 1. The Kier molecular flexibility index (Phi) is 4.47. The summed E-state index contributed by atoms with van der Waals surface area (Å²) in [5.74, 6) is -2.10. The zero-order valence-electron chi connectivity index (χ0n) is 13.4. The third-order valence-corrected chi connectivity index (χ3v) is 4.24. The summed E-state index contributed by atoms with van der Waals surface area (Å²) in [5.41, 5.74) is -0.673. The minimum absolute atomic E-state index is 0.0424. The molecule has 0 aromatic rings. The molecule has 7 nitrogen and oxygen atoms in total. The van der Waals surface area contributed by atoms with Crippen LogP contribution < -0.4 is 0 Å². The van der Waals surface area contributed by atoms with Gasteiger partial charge in [0.25, 0.3) is 0 Å². The summed E-state index contributed by atoms with van der Waals surface area (Å²) in [6.45, 7) is 5.12. The molecule has 0 aromatic heterocycles. The van der Waals surface area contributed by atoms with Gasteiger partial charge in [-0.05, 0) is 27.2 Å². The van der Waals surface area contributed by atoms with Crippen molar-refractivity contribution in [3.8, 4) is 0 Å². The van der Waals surface area contributed by atoms with E-state index in [1.165, 1.54) is 12.0 Å². The average molecular weight is 313 g/mol. The number of esters is 1. The number of carbonyl (C=O) groups is 3. The number of amides is 1. The Bertz CT molecular complexity index is 483. The molecule has 2 bridgehead atoms. The third kappa shape index (κ3) is 2.95. The molecule has 4 atom stereocenters. The van der Waals surface area contributed by atoms with E-state index in [0.717, 1.165) is 0 Å². The van der Waals surface area contributed by atoms with Gasteiger partial charge < -0.3 is 19.5 Å². The SMILES string of the molecule is COC(=O)C1C(=O)CC2C(CO)CC1N2C(=O)OC(C)(C)C. The van der Waals surface area contributed by atoms with Gasteiger partial charge in [0.1, 0.15) is 11.5 Å². The van der Waals surface area contributed by atoms with E-state index in [2.05, 4.69) is 0 Å². The summed E-state index contributed by atoms with van der Waals surface area (Å²) in [4.78, 5) is 38.0. The number of aliphatic hydroxyl groups excluding tert-OH is 1. The van der Waals surface area contributed by atoms with Crippen LogP contribution in [0, 0.1) is 11.8 Å². The normalized spacial score (nSPS) is 31.1. The van der Waals surface area contributed by atoms with Crippen LogP contribution in [-0.4, -0.2) is 59.3 Å². The molecule has 2 heterocycles. The summed E-state index contributed by atoms with van der Waals surface area (Å²) in [7, 11) is 1.22. The molecule has 2 rings (SSSR count). The highest BCUT2D eigenvalue weighted by Crippen LogP contribution is 2.42. The van der Waals surface area contributed by atoms with Crippen molar-refractivity contribution >= 4 is 17.8 Å². The topological polar surface area (TPSA) is 93.1 Å². The number of fused-ring (bicyclic) bond motifs is 2. The lowest BCUT2D eigenvalue weighted by Crippen LogP contribution is -2.56. The Balaban J connectivity index is 2.31. The smallest absolute Gasteiger partial charge is 0.410 e. The molecule has 2 aliphatic rings. The van der Waals surface area contributed by atoms with Crippen LogP contribution in [-0.2, 0) is 19.1 Å². The molecule has 22 heavy (non-hydrogen) atoms. The first kappa shape index (κ1) is 16.7. The molecule has 2 saturated heterocycles. The van der Waals surface area contributed by atoms with Crippen molar-refractivity contribution in [1.82, 2.24) is 4.90 Å². The molecule has 0 aromatic carbocycles. The van der Waals surface area contributed by atoms with Crippen LogP contribution in [0.5, 0.6) is 0 Å². The number of hydrogen-bond donors (Lipinski definition) is 1.